The summed E-state index contributed by atoms with van der Waals surface area (Å²) in [6, 6.07) is 6.70. The van der Waals surface area contributed by atoms with E-state index in [1.807, 2.05) is 23.3 Å². The third-order valence-corrected chi connectivity index (χ3v) is 6.81. The number of halogens is 3. The lowest BCUT2D eigenvalue weighted by Crippen LogP contribution is -2.24. The van der Waals surface area contributed by atoms with Crippen LogP contribution in [0.25, 0.3) is 32.2 Å². The van der Waals surface area contributed by atoms with Crippen molar-refractivity contribution in [1.29, 1.82) is 0 Å². The summed E-state index contributed by atoms with van der Waals surface area (Å²) in [6.07, 6.45) is -0.988. The molecule has 0 saturated heterocycles. The summed E-state index contributed by atoms with van der Waals surface area (Å²) in [5.74, 6) is 0. The molecule has 0 amide bonds. The zero-order valence-corrected chi connectivity index (χ0v) is 18.3. The van der Waals surface area contributed by atoms with Crippen LogP contribution >= 0.6 is 11.3 Å². The Hall–Kier alpha value is -4.00. The van der Waals surface area contributed by atoms with Crippen molar-refractivity contribution in [3.63, 3.8) is 0 Å². The lowest BCUT2D eigenvalue weighted by Gasteiger charge is -2.07. The van der Waals surface area contributed by atoms with Crippen LogP contribution in [0, 0.1) is 0 Å². The highest BCUT2D eigenvalue weighted by atomic mass is 32.1. The van der Waals surface area contributed by atoms with Crippen LogP contribution in [0.15, 0.2) is 41.5 Å². The topological polar surface area (TPSA) is 110 Å². The Morgan fingerprint density at radius 3 is 2.79 bits per heavy atom. The van der Waals surface area contributed by atoms with Gasteiger partial charge in [0.2, 0.25) is 0 Å². The van der Waals surface area contributed by atoms with Gasteiger partial charge in [0.05, 0.1) is 34.8 Å². The number of H-pyrrole nitrogens is 2. The Morgan fingerprint density at radius 2 is 2.00 bits per heavy atom. The SMILES string of the molecule is Cn1c2nc(Cc3cc(C(F)(F)F)[nH]n3)sc2c2cnn(Cc3cccc4[nH]ncc34)c(=O)c21. The molecule has 0 fully saturated rings. The molecule has 0 spiro atoms. The lowest BCUT2D eigenvalue weighted by atomic mass is 10.1. The second kappa shape index (κ2) is 7.25. The van der Waals surface area contributed by atoms with Gasteiger partial charge < -0.3 is 4.57 Å². The highest BCUT2D eigenvalue weighted by Gasteiger charge is 2.33. The molecule has 5 aromatic heterocycles. The zero-order valence-electron chi connectivity index (χ0n) is 17.5. The molecule has 0 aliphatic rings. The molecule has 13 heteroatoms. The van der Waals surface area contributed by atoms with E-state index in [9.17, 15) is 18.0 Å². The van der Waals surface area contributed by atoms with Crippen LogP contribution in [-0.4, -0.2) is 39.7 Å². The fourth-order valence-electron chi connectivity index (χ4n) is 4.10. The Balaban J connectivity index is 1.37. The smallest absolute Gasteiger partial charge is 0.323 e. The van der Waals surface area contributed by atoms with Gasteiger partial charge in [0.1, 0.15) is 16.2 Å². The van der Waals surface area contributed by atoms with Gasteiger partial charge in [-0.2, -0.15) is 28.5 Å². The molecule has 0 bridgehead atoms. The van der Waals surface area contributed by atoms with Crippen LogP contribution in [0.1, 0.15) is 22.0 Å². The number of thiazole rings is 1. The molecule has 34 heavy (non-hydrogen) atoms. The molecule has 1 aromatic carbocycles. The van der Waals surface area contributed by atoms with E-state index in [2.05, 4.69) is 25.4 Å². The molecule has 0 aliphatic heterocycles. The molecule has 6 rings (SSSR count). The van der Waals surface area contributed by atoms with Crippen molar-refractivity contribution in [3.8, 4) is 0 Å². The number of aromatic nitrogens is 8. The third kappa shape index (κ3) is 3.19. The molecule has 0 aliphatic carbocycles. The number of nitrogens with zero attached hydrogens (tertiary/aromatic N) is 6. The summed E-state index contributed by atoms with van der Waals surface area (Å²) >= 11 is 1.31. The second-order valence-electron chi connectivity index (χ2n) is 7.88. The van der Waals surface area contributed by atoms with E-state index in [1.165, 1.54) is 16.0 Å². The maximum atomic E-state index is 13.3. The number of aryl methyl sites for hydroxylation is 1. The van der Waals surface area contributed by atoms with Crippen LogP contribution in [0.2, 0.25) is 0 Å². The highest BCUT2D eigenvalue weighted by Crippen LogP contribution is 2.33. The maximum absolute atomic E-state index is 13.3. The van der Waals surface area contributed by atoms with Crippen molar-refractivity contribution in [2.24, 2.45) is 7.05 Å². The van der Waals surface area contributed by atoms with Gasteiger partial charge in [0.25, 0.3) is 5.56 Å². The van der Waals surface area contributed by atoms with Gasteiger partial charge in [-0.05, 0) is 17.7 Å². The third-order valence-electron chi connectivity index (χ3n) is 5.73. The average Bonchev–Trinajstić information content (AvgIpc) is 3.56. The first-order valence-electron chi connectivity index (χ1n) is 10.2. The predicted octanol–water partition coefficient (Wildman–Crippen LogP) is 3.60. The minimum Gasteiger partial charge on any atom is -0.323 e. The minimum absolute atomic E-state index is 0.145. The first-order valence-corrected chi connectivity index (χ1v) is 11.0. The Kier molecular flexibility index (Phi) is 4.39. The van der Waals surface area contributed by atoms with E-state index in [4.69, 9.17) is 0 Å². The van der Waals surface area contributed by atoms with Crippen molar-refractivity contribution in [1.82, 2.24) is 39.7 Å². The number of benzene rings is 1. The predicted molar refractivity (Wildman–Crippen MR) is 120 cm³/mol. The van der Waals surface area contributed by atoms with E-state index in [-0.39, 0.29) is 24.2 Å². The molecule has 0 radical (unpaired) electrons. The molecule has 172 valence electrons. The molecule has 0 unspecified atom stereocenters. The Bertz CT molecular complexity index is 1750. The van der Waals surface area contributed by atoms with Crippen molar-refractivity contribution < 1.29 is 13.2 Å². The zero-order chi connectivity index (χ0) is 23.6. The lowest BCUT2D eigenvalue weighted by molar-refractivity contribution is -0.141. The van der Waals surface area contributed by atoms with Crippen LogP contribution in [0.3, 0.4) is 0 Å². The van der Waals surface area contributed by atoms with Gasteiger partial charge in [-0.25, -0.2) is 9.67 Å². The van der Waals surface area contributed by atoms with E-state index in [0.717, 1.165) is 27.2 Å². The second-order valence-corrected chi connectivity index (χ2v) is 8.97. The number of rotatable bonds is 4. The molecule has 9 nitrogen and oxygen atoms in total. The van der Waals surface area contributed by atoms with Gasteiger partial charge in [-0.15, -0.1) is 11.3 Å². The van der Waals surface area contributed by atoms with E-state index in [1.54, 1.807) is 24.0 Å². The van der Waals surface area contributed by atoms with Crippen LogP contribution < -0.4 is 5.56 Å². The number of hydrogen-bond acceptors (Lipinski definition) is 6. The van der Waals surface area contributed by atoms with Crippen molar-refractivity contribution in [3.05, 3.63) is 69.0 Å². The van der Waals surface area contributed by atoms with Gasteiger partial charge in [0.15, 0.2) is 5.65 Å². The number of fused-ring (bicyclic) bond motifs is 4. The number of alkyl halides is 3. The number of nitrogens with one attached hydrogen (secondary N) is 2. The summed E-state index contributed by atoms with van der Waals surface area (Å²) in [5, 5.41) is 19.3. The minimum atomic E-state index is -4.48. The molecule has 6 aromatic rings. The largest absolute Gasteiger partial charge is 0.432 e. The van der Waals surface area contributed by atoms with Crippen LogP contribution in [-0.2, 0) is 26.2 Å². The summed E-state index contributed by atoms with van der Waals surface area (Å²) in [4.78, 5) is 17.8. The summed E-state index contributed by atoms with van der Waals surface area (Å²) < 4.78 is 42.3. The van der Waals surface area contributed by atoms with Gasteiger partial charge in [-0.1, -0.05) is 12.1 Å². The van der Waals surface area contributed by atoms with E-state index >= 15 is 0 Å². The Morgan fingerprint density at radius 1 is 1.15 bits per heavy atom. The summed E-state index contributed by atoms with van der Waals surface area (Å²) in [5.41, 5.74) is 1.92. The van der Waals surface area contributed by atoms with E-state index < -0.39 is 11.9 Å². The molecule has 5 heterocycles. The van der Waals surface area contributed by atoms with Gasteiger partial charge in [-0.3, -0.25) is 15.0 Å². The fourth-order valence-corrected chi connectivity index (χ4v) is 5.22. The first-order chi connectivity index (χ1) is 16.3. The molecule has 0 atom stereocenters. The fraction of sp³-hybridized carbons (Fsp3) is 0.190. The number of hydrogen-bond donors (Lipinski definition) is 2. The average molecular weight is 484 g/mol. The first kappa shape index (κ1) is 20.6. The van der Waals surface area contributed by atoms with Crippen LogP contribution in [0.4, 0.5) is 13.2 Å². The van der Waals surface area contributed by atoms with Crippen LogP contribution in [0.5, 0.6) is 0 Å². The van der Waals surface area contributed by atoms with Crippen molar-refractivity contribution in [2.45, 2.75) is 19.1 Å². The molecular weight excluding hydrogens is 469 g/mol. The van der Waals surface area contributed by atoms with E-state index in [0.29, 0.717) is 21.6 Å². The summed E-state index contributed by atoms with van der Waals surface area (Å²) in [6.45, 7) is 0.282. The standard InChI is InChI=1S/C21H15F3N8OS/c1-31-17-13(8-26-32(20(17)33)9-10-3-2-4-14-12(10)7-25-29-14)18-19(31)27-16(34-18)6-11-5-15(30-28-11)21(22,23)24/h2-5,7-8H,6,9H2,1H3,(H,25,29)(H,28,30). The molecular formula is C21H15F3N8OS. The molecule has 2 N–H and O–H groups in total. The number of aromatic amines is 2. The highest BCUT2D eigenvalue weighted by molar-refractivity contribution is 7.19. The maximum Gasteiger partial charge on any atom is 0.432 e. The summed E-state index contributed by atoms with van der Waals surface area (Å²) in [7, 11) is 1.74. The van der Waals surface area contributed by atoms with Gasteiger partial charge >= 0.3 is 6.18 Å². The molecule has 0 saturated carbocycles. The monoisotopic (exact) mass is 484 g/mol. The normalized spacial score (nSPS) is 12.5. The quantitative estimate of drug-likeness (QED) is 0.397. The van der Waals surface area contributed by atoms with Crippen molar-refractivity contribution in [2.75, 3.05) is 0 Å². The van der Waals surface area contributed by atoms with Crippen molar-refractivity contribution >= 4 is 43.5 Å². The Labute approximate surface area is 191 Å². The van der Waals surface area contributed by atoms with Gasteiger partial charge in [0, 0.05) is 24.2 Å².